The minimum absolute atomic E-state index is 0. The van der Waals surface area contributed by atoms with E-state index in [9.17, 15) is 0 Å². The van der Waals surface area contributed by atoms with E-state index in [0.717, 1.165) is 70.3 Å². The Bertz CT molecular complexity index is 2120. The van der Waals surface area contributed by atoms with E-state index in [1.807, 2.05) is 91.0 Å². The minimum Gasteiger partial charge on any atom is -0.508 e. The van der Waals surface area contributed by atoms with E-state index < -0.39 is 0 Å². The zero-order valence-corrected chi connectivity index (χ0v) is 30.2. The molecule has 0 unspecified atom stereocenters. The molecular weight excluding hydrogens is 701 g/mol. The summed E-state index contributed by atoms with van der Waals surface area (Å²) in [6.45, 7) is 2.76. The van der Waals surface area contributed by atoms with Gasteiger partial charge in [-0.2, -0.15) is 0 Å². The highest BCUT2D eigenvalue weighted by Gasteiger charge is 2.18. The van der Waals surface area contributed by atoms with Crippen LogP contribution in [0.1, 0.15) is 20.0 Å². The van der Waals surface area contributed by atoms with Gasteiger partial charge >= 0.3 is 0 Å². The molecule has 56 heavy (non-hydrogen) atoms. The van der Waals surface area contributed by atoms with Crippen LogP contribution in [0.5, 0.6) is 40.2 Å². The number of nitrogens with two attached hydrogens (primary N) is 2. The van der Waals surface area contributed by atoms with Crippen molar-refractivity contribution in [3.63, 3.8) is 0 Å². The van der Waals surface area contributed by atoms with Crippen molar-refractivity contribution in [3.05, 3.63) is 187 Å². The number of hydrogen-bond acceptors (Lipinski definition) is 9. The number of nitrogens with zero attached hydrogens (tertiary/aromatic N) is 2. The first-order valence-corrected chi connectivity index (χ1v) is 17.9. The molecule has 286 valence electrons. The van der Waals surface area contributed by atoms with Crippen molar-refractivity contribution < 1.29 is 25.5 Å². The number of benzene rings is 7. The standard InChI is InChI=1S/C28H24N2O3.C12H12N2O.C6H6O.CH4.H2/c1-3-7-27-21(5-1)17-29(19-31-27)23-9-13-25(14-10-23)33-26-15-11-24(12-16-26)30-18-22-6-2-4-8-28(22)32-20-30;13-9-1-5-11(6-2-9)15-12-7-3-10(14)4-8-12;7-6-4-2-1-3-5-6;;/h1-16H,17-20H2;1-8H,13-14H2;1-5,7H;1H4;1H/i;;;;1+1. The third-order valence-corrected chi connectivity index (χ3v) is 8.81. The van der Waals surface area contributed by atoms with Gasteiger partial charge in [-0.3, -0.25) is 0 Å². The van der Waals surface area contributed by atoms with Crippen molar-refractivity contribution in [3.8, 4) is 40.2 Å². The molecule has 7 aromatic rings. The molecule has 0 saturated heterocycles. The molecule has 9 heteroatoms. The lowest BCUT2D eigenvalue weighted by atomic mass is 10.1. The molecule has 2 aliphatic rings. The Morgan fingerprint density at radius 2 is 0.786 bits per heavy atom. The fourth-order valence-electron chi connectivity index (χ4n) is 5.90. The highest BCUT2D eigenvalue weighted by molar-refractivity contribution is 5.54. The first-order chi connectivity index (χ1) is 26.9. The molecule has 0 bridgehead atoms. The van der Waals surface area contributed by atoms with Gasteiger partial charge in [-0.25, -0.2) is 0 Å². The quantitative estimate of drug-likeness (QED) is 0.143. The van der Waals surface area contributed by atoms with Crippen LogP contribution in [0.3, 0.4) is 0 Å². The van der Waals surface area contributed by atoms with Crippen molar-refractivity contribution in [2.45, 2.75) is 20.5 Å². The van der Waals surface area contributed by atoms with E-state index in [-0.39, 0.29) is 8.85 Å². The molecule has 7 aromatic carbocycles. The SMILES string of the molecule is C.Nc1ccc(Oc2ccc(N)cc2)cc1.Oc1ccccc1.[2HH].c1ccc2c(c1)CN(c1ccc(Oc3ccc(N4COc5ccccc5C4)cc3)cc1)CO2. The molecule has 0 spiro atoms. The van der Waals surface area contributed by atoms with Crippen LogP contribution in [0.25, 0.3) is 0 Å². The lowest BCUT2D eigenvalue weighted by molar-refractivity contribution is 0.289. The highest BCUT2D eigenvalue weighted by atomic mass is 16.5. The molecule has 0 saturated carbocycles. The average Bonchev–Trinajstić information content (AvgIpc) is 3.23. The van der Waals surface area contributed by atoms with Crippen LogP contribution in [-0.4, -0.2) is 18.6 Å². The largest absolute Gasteiger partial charge is 0.508 e. The van der Waals surface area contributed by atoms with Gasteiger partial charge in [0.2, 0.25) is 0 Å². The first kappa shape index (κ1) is 38.5. The zero-order chi connectivity index (χ0) is 37.8. The van der Waals surface area contributed by atoms with Gasteiger partial charge in [0, 0.05) is 48.4 Å². The molecular formula is C47H48N4O5. The number of aromatic hydroxyl groups is 1. The fraction of sp³-hybridized carbons (Fsp3) is 0.106. The zero-order valence-electron chi connectivity index (χ0n) is 30.2. The Hall–Kier alpha value is -7.26. The number of fused-ring (bicyclic) bond motifs is 2. The summed E-state index contributed by atoms with van der Waals surface area (Å²) in [7, 11) is 0. The molecule has 0 aliphatic carbocycles. The molecule has 0 radical (unpaired) electrons. The monoisotopic (exact) mass is 749 g/mol. The third kappa shape index (κ3) is 10.4. The van der Waals surface area contributed by atoms with E-state index in [1.165, 1.54) is 11.1 Å². The Kier molecular flexibility index (Phi) is 12.8. The van der Waals surface area contributed by atoms with Gasteiger partial charge in [-0.1, -0.05) is 62.0 Å². The summed E-state index contributed by atoms with van der Waals surface area (Å²) in [5.74, 6) is 5.39. The van der Waals surface area contributed by atoms with E-state index in [2.05, 4.69) is 46.2 Å². The fourth-order valence-corrected chi connectivity index (χ4v) is 5.90. The van der Waals surface area contributed by atoms with Gasteiger partial charge in [0.15, 0.2) is 13.5 Å². The number of nitrogen functional groups attached to an aromatic ring is 2. The molecule has 0 amide bonds. The van der Waals surface area contributed by atoms with Crippen molar-refractivity contribution in [1.29, 1.82) is 0 Å². The Labute approximate surface area is 330 Å². The molecule has 0 atom stereocenters. The second kappa shape index (κ2) is 18.7. The summed E-state index contributed by atoms with van der Waals surface area (Å²) in [5, 5.41) is 8.63. The van der Waals surface area contributed by atoms with Crippen LogP contribution in [-0.2, 0) is 13.1 Å². The van der Waals surface area contributed by atoms with Crippen LogP contribution in [0.15, 0.2) is 176 Å². The summed E-state index contributed by atoms with van der Waals surface area (Å²) in [4.78, 5) is 4.42. The van der Waals surface area contributed by atoms with Crippen LogP contribution < -0.4 is 40.2 Å². The maximum absolute atomic E-state index is 8.63. The minimum atomic E-state index is 0. The lowest BCUT2D eigenvalue weighted by Gasteiger charge is -2.31. The summed E-state index contributed by atoms with van der Waals surface area (Å²) in [5.41, 5.74) is 17.2. The number of para-hydroxylation sites is 3. The van der Waals surface area contributed by atoms with Crippen LogP contribution in [0.2, 0.25) is 0 Å². The second-order valence-electron chi connectivity index (χ2n) is 12.8. The first-order valence-electron chi connectivity index (χ1n) is 17.9. The predicted octanol–water partition coefficient (Wildman–Crippen LogP) is 11.1. The van der Waals surface area contributed by atoms with E-state index in [0.29, 0.717) is 19.2 Å². The Morgan fingerprint density at radius 1 is 0.446 bits per heavy atom. The molecule has 9 nitrogen and oxygen atoms in total. The summed E-state index contributed by atoms with van der Waals surface area (Å²) >= 11 is 0. The van der Waals surface area contributed by atoms with Crippen molar-refractivity contribution in [2.75, 3.05) is 34.7 Å². The normalized spacial score (nSPS) is 12.3. The lowest BCUT2D eigenvalue weighted by Crippen LogP contribution is -2.31. The third-order valence-electron chi connectivity index (χ3n) is 8.81. The molecule has 0 aromatic heterocycles. The average molecular weight is 750 g/mol. The van der Waals surface area contributed by atoms with Gasteiger partial charge in [-0.15, -0.1) is 0 Å². The van der Waals surface area contributed by atoms with E-state index >= 15 is 0 Å². The van der Waals surface area contributed by atoms with Crippen LogP contribution in [0.4, 0.5) is 22.7 Å². The smallest absolute Gasteiger partial charge is 0.161 e. The molecule has 0 fully saturated rings. The Balaban J connectivity index is 0.000000214. The van der Waals surface area contributed by atoms with Crippen LogP contribution >= 0.6 is 0 Å². The van der Waals surface area contributed by atoms with Crippen LogP contribution in [0, 0.1) is 0 Å². The number of phenols is 1. The van der Waals surface area contributed by atoms with Gasteiger partial charge in [-0.05, 0) is 121 Å². The molecule has 2 aliphatic heterocycles. The van der Waals surface area contributed by atoms with E-state index in [4.69, 9.17) is 35.5 Å². The van der Waals surface area contributed by atoms with Crippen molar-refractivity contribution in [1.82, 2.24) is 0 Å². The second-order valence-corrected chi connectivity index (χ2v) is 12.8. The summed E-state index contributed by atoms with van der Waals surface area (Å²) in [6.07, 6.45) is 0. The van der Waals surface area contributed by atoms with Gasteiger partial charge in [0.05, 0.1) is 0 Å². The van der Waals surface area contributed by atoms with E-state index in [1.54, 1.807) is 48.5 Å². The predicted molar refractivity (Wildman–Crippen MR) is 228 cm³/mol. The maximum Gasteiger partial charge on any atom is 0.161 e. The van der Waals surface area contributed by atoms with Gasteiger partial charge in [0.25, 0.3) is 0 Å². The Morgan fingerprint density at radius 3 is 1.14 bits per heavy atom. The number of anilines is 4. The highest BCUT2D eigenvalue weighted by Crippen LogP contribution is 2.32. The van der Waals surface area contributed by atoms with Gasteiger partial charge < -0.3 is 45.3 Å². The van der Waals surface area contributed by atoms with Gasteiger partial charge in [0.1, 0.15) is 40.2 Å². The molecule has 9 rings (SSSR count). The van der Waals surface area contributed by atoms with Crippen molar-refractivity contribution >= 4 is 22.7 Å². The number of phenolic OH excluding ortho intramolecular Hbond substituents is 1. The number of hydrogen-bond donors (Lipinski definition) is 3. The maximum atomic E-state index is 8.63. The number of rotatable bonds is 6. The number of ether oxygens (including phenoxy) is 4. The summed E-state index contributed by atoms with van der Waals surface area (Å²) in [6, 6.07) is 55.9. The summed E-state index contributed by atoms with van der Waals surface area (Å²) < 4.78 is 23.4. The topological polar surface area (TPSA) is 116 Å². The van der Waals surface area contributed by atoms with Crippen molar-refractivity contribution in [2.24, 2.45) is 0 Å². The molecule has 2 heterocycles. The molecule has 5 N–H and O–H groups in total.